The van der Waals surface area contributed by atoms with Crippen LogP contribution < -0.4 is 0 Å². The summed E-state index contributed by atoms with van der Waals surface area (Å²) >= 11 is 4.44. The number of rotatable bonds is 5. The van der Waals surface area contributed by atoms with E-state index < -0.39 is 11.6 Å². The summed E-state index contributed by atoms with van der Waals surface area (Å²) in [7, 11) is 0. The van der Waals surface area contributed by atoms with Gasteiger partial charge in [0.25, 0.3) is 0 Å². The normalized spacial score (nSPS) is 24.1. The van der Waals surface area contributed by atoms with Crippen molar-refractivity contribution >= 4 is 23.1 Å². The van der Waals surface area contributed by atoms with Gasteiger partial charge in [0, 0.05) is 6.07 Å². The van der Waals surface area contributed by atoms with E-state index in [1.165, 1.54) is 44.9 Å². The minimum Gasteiger partial charge on any atom is -0.206 e. The SMILES string of the molecule is CCCCC1CCC(C2CC=C(C#Cc3cc(F)c(N=C=S)cc3F)CC2)CC1. The molecule has 1 aromatic carbocycles. The first kappa shape index (κ1) is 21.9. The van der Waals surface area contributed by atoms with Gasteiger partial charge in [0.15, 0.2) is 5.82 Å². The summed E-state index contributed by atoms with van der Waals surface area (Å²) in [5.41, 5.74) is 0.949. The number of aliphatic imine (C=N–C) groups is 1. The highest BCUT2D eigenvalue weighted by molar-refractivity contribution is 7.78. The van der Waals surface area contributed by atoms with Crippen LogP contribution >= 0.6 is 12.2 Å². The monoisotopic (exact) mass is 413 g/mol. The molecule has 0 heterocycles. The molecule has 1 fully saturated rings. The van der Waals surface area contributed by atoms with Crippen LogP contribution in [0, 0.1) is 41.2 Å². The lowest BCUT2D eigenvalue weighted by molar-refractivity contribution is 0.186. The van der Waals surface area contributed by atoms with Gasteiger partial charge in [-0.05, 0) is 73.7 Å². The van der Waals surface area contributed by atoms with Gasteiger partial charge in [-0.15, -0.1) is 0 Å². The van der Waals surface area contributed by atoms with Gasteiger partial charge in [-0.1, -0.05) is 56.9 Å². The summed E-state index contributed by atoms with van der Waals surface area (Å²) in [6.45, 7) is 2.27. The second-order valence-corrected chi connectivity index (χ2v) is 8.61. The molecular weight excluding hydrogens is 384 g/mol. The molecule has 1 aromatic rings. The molecule has 1 atom stereocenters. The van der Waals surface area contributed by atoms with E-state index in [1.54, 1.807) is 0 Å². The van der Waals surface area contributed by atoms with Crippen LogP contribution in [0.15, 0.2) is 28.8 Å². The lowest BCUT2D eigenvalue weighted by Crippen LogP contribution is -2.23. The first-order chi connectivity index (χ1) is 14.1. The Hall–Kier alpha value is -1.82. The maximum atomic E-state index is 14.1. The Kier molecular flexibility index (Phi) is 8.16. The van der Waals surface area contributed by atoms with Gasteiger partial charge in [-0.2, -0.15) is 4.99 Å². The van der Waals surface area contributed by atoms with Crippen molar-refractivity contribution in [1.82, 2.24) is 0 Å². The number of nitrogens with zero attached hydrogens (tertiary/aromatic N) is 1. The maximum absolute atomic E-state index is 14.1. The van der Waals surface area contributed by atoms with Gasteiger partial charge < -0.3 is 0 Å². The van der Waals surface area contributed by atoms with Crippen LogP contribution in [0.5, 0.6) is 0 Å². The van der Waals surface area contributed by atoms with Crippen LogP contribution in [0.1, 0.15) is 76.7 Å². The number of unbranched alkanes of at least 4 members (excludes halogenated alkanes) is 1. The number of allylic oxidation sites excluding steroid dienone is 2. The summed E-state index contributed by atoms with van der Waals surface area (Å²) in [6, 6.07) is 2.10. The van der Waals surface area contributed by atoms with Crippen LogP contribution in [0.3, 0.4) is 0 Å². The predicted octanol–water partition coefficient (Wildman–Crippen LogP) is 7.77. The molecular formula is C25H29F2NS. The van der Waals surface area contributed by atoms with Gasteiger partial charge in [0.1, 0.15) is 11.5 Å². The van der Waals surface area contributed by atoms with E-state index in [1.807, 2.05) is 0 Å². The highest BCUT2D eigenvalue weighted by Crippen LogP contribution is 2.40. The van der Waals surface area contributed by atoms with Gasteiger partial charge in [-0.25, -0.2) is 8.78 Å². The highest BCUT2D eigenvalue weighted by Gasteiger charge is 2.28. The maximum Gasteiger partial charge on any atom is 0.151 e. The molecule has 0 bridgehead atoms. The zero-order valence-corrected chi connectivity index (χ0v) is 18.0. The molecule has 4 heteroatoms. The summed E-state index contributed by atoms with van der Waals surface area (Å²) in [4.78, 5) is 3.52. The van der Waals surface area contributed by atoms with Gasteiger partial charge >= 0.3 is 0 Å². The van der Waals surface area contributed by atoms with E-state index in [-0.39, 0.29) is 11.3 Å². The Balaban J connectivity index is 1.56. The second kappa shape index (κ2) is 10.8. The fourth-order valence-electron chi connectivity index (χ4n) is 4.75. The molecule has 2 aliphatic carbocycles. The second-order valence-electron chi connectivity index (χ2n) is 8.42. The minimum absolute atomic E-state index is 0.0549. The molecule has 1 nitrogen and oxygen atoms in total. The summed E-state index contributed by atoms with van der Waals surface area (Å²) in [5, 5.41) is 2.05. The number of halogens is 2. The van der Waals surface area contributed by atoms with Gasteiger partial charge in [-0.3, -0.25) is 0 Å². The fourth-order valence-corrected chi connectivity index (χ4v) is 4.85. The van der Waals surface area contributed by atoms with E-state index in [0.29, 0.717) is 0 Å². The molecule has 0 aliphatic heterocycles. The van der Waals surface area contributed by atoms with E-state index in [9.17, 15) is 8.78 Å². The molecule has 0 saturated heterocycles. The number of thiocarbonyl (C=S) groups is 1. The molecule has 1 saturated carbocycles. The van der Waals surface area contributed by atoms with Crippen LogP contribution in [0.25, 0.3) is 0 Å². The molecule has 29 heavy (non-hydrogen) atoms. The zero-order valence-electron chi connectivity index (χ0n) is 17.1. The van der Waals surface area contributed by atoms with Crippen LogP contribution in [0.2, 0.25) is 0 Å². The van der Waals surface area contributed by atoms with Crippen molar-refractivity contribution in [3.8, 4) is 11.8 Å². The van der Waals surface area contributed by atoms with Crippen LogP contribution in [-0.2, 0) is 0 Å². The van der Waals surface area contributed by atoms with Crippen molar-refractivity contribution in [2.75, 3.05) is 0 Å². The van der Waals surface area contributed by atoms with Crippen molar-refractivity contribution in [3.05, 3.63) is 41.0 Å². The Morgan fingerprint density at radius 3 is 2.48 bits per heavy atom. The van der Waals surface area contributed by atoms with Crippen molar-refractivity contribution in [2.45, 2.75) is 71.1 Å². The number of hydrogen-bond acceptors (Lipinski definition) is 2. The third-order valence-electron chi connectivity index (χ3n) is 6.54. The van der Waals surface area contributed by atoms with E-state index in [2.05, 4.69) is 47.2 Å². The average Bonchev–Trinajstić information content (AvgIpc) is 2.74. The lowest BCUT2D eigenvalue weighted by Gasteiger charge is -2.35. The van der Waals surface area contributed by atoms with Crippen molar-refractivity contribution in [2.24, 2.45) is 22.7 Å². The Labute approximate surface area is 178 Å². The molecule has 2 aliphatic rings. The predicted molar refractivity (Wildman–Crippen MR) is 118 cm³/mol. The summed E-state index contributed by atoms with van der Waals surface area (Å²) < 4.78 is 28.0. The quantitative estimate of drug-likeness (QED) is 0.273. The number of isothiocyanates is 1. The molecule has 0 N–H and O–H groups in total. The summed E-state index contributed by atoms with van der Waals surface area (Å²) in [5.74, 6) is 7.17. The Bertz CT molecular complexity index is 850. The average molecular weight is 414 g/mol. The molecule has 3 rings (SSSR count). The molecule has 0 aromatic heterocycles. The molecule has 0 spiro atoms. The lowest BCUT2D eigenvalue weighted by atomic mass is 9.71. The number of benzene rings is 1. The van der Waals surface area contributed by atoms with Gasteiger partial charge in [0.05, 0.1) is 10.7 Å². The van der Waals surface area contributed by atoms with Crippen LogP contribution in [-0.4, -0.2) is 5.16 Å². The molecule has 0 amide bonds. The van der Waals surface area contributed by atoms with Crippen LogP contribution in [0.4, 0.5) is 14.5 Å². The Morgan fingerprint density at radius 1 is 1.03 bits per heavy atom. The highest BCUT2D eigenvalue weighted by atomic mass is 32.1. The molecule has 1 unspecified atom stereocenters. The zero-order chi connectivity index (χ0) is 20.6. The van der Waals surface area contributed by atoms with Crippen molar-refractivity contribution in [1.29, 1.82) is 0 Å². The Morgan fingerprint density at radius 2 is 1.83 bits per heavy atom. The van der Waals surface area contributed by atoms with Crippen molar-refractivity contribution < 1.29 is 8.78 Å². The largest absolute Gasteiger partial charge is 0.206 e. The molecule has 0 radical (unpaired) electrons. The molecule has 154 valence electrons. The fraction of sp³-hybridized carbons (Fsp3) is 0.560. The summed E-state index contributed by atoms with van der Waals surface area (Å²) in [6.07, 6.45) is 15.0. The van der Waals surface area contributed by atoms with Crippen molar-refractivity contribution in [3.63, 3.8) is 0 Å². The standard InChI is InChI=1S/C25H29F2NS/c1-2-3-4-18-5-10-20(11-6-18)21-12-7-19(8-13-21)9-14-22-15-24(27)25(28-17-29)16-23(22)26/h7,15-16,18,20-21H,2-6,8,10-13H2,1H3. The minimum atomic E-state index is -0.639. The third kappa shape index (κ3) is 6.08. The first-order valence-electron chi connectivity index (χ1n) is 10.9. The van der Waals surface area contributed by atoms with E-state index in [4.69, 9.17) is 0 Å². The van der Waals surface area contributed by atoms with E-state index >= 15 is 0 Å². The van der Waals surface area contributed by atoms with E-state index in [0.717, 1.165) is 54.7 Å². The third-order valence-corrected chi connectivity index (χ3v) is 6.63. The number of hydrogen-bond donors (Lipinski definition) is 0. The smallest absolute Gasteiger partial charge is 0.151 e. The first-order valence-corrected chi connectivity index (χ1v) is 11.3. The topological polar surface area (TPSA) is 12.4 Å². The van der Waals surface area contributed by atoms with Gasteiger partial charge in [0.2, 0.25) is 0 Å².